The van der Waals surface area contributed by atoms with E-state index in [-0.39, 0.29) is 12.3 Å². The molecule has 1 amide bonds. The lowest BCUT2D eigenvalue weighted by Gasteiger charge is -2.23. The summed E-state index contributed by atoms with van der Waals surface area (Å²) >= 11 is 7.12. The number of hydrogen-bond acceptors (Lipinski definition) is 3. The van der Waals surface area contributed by atoms with Crippen molar-refractivity contribution in [3.8, 4) is 0 Å². The molecule has 0 aliphatic carbocycles. The van der Waals surface area contributed by atoms with Gasteiger partial charge in [0.1, 0.15) is 0 Å². The molecule has 0 atom stereocenters. The first-order valence-corrected chi connectivity index (χ1v) is 6.45. The van der Waals surface area contributed by atoms with E-state index >= 15 is 0 Å². The normalized spacial score (nSPS) is 11.7. The van der Waals surface area contributed by atoms with E-state index < -0.39 is 11.5 Å². The average molecular weight is 288 g/mol. The molecule has 0 bridgehead atoms. The van der Waals surface area contributed by atoms with E-state index in [0.717, 1.165) is 4.88 Å². The van der Waals surface area contributed by atoms with Crippen LogP contribution in [0.1, 0.15) is 25.1 Å². The van der Waals surface area contributed by atoms with Crippen molar-refractivity contribution in [2.45, 2.75) is 25.8 Å². The molecule has 0 aliphatic heterocycles. The molecule has 1 aromatic heterocycles. The summed E-state index contributed by atoms with van der Waals surface area (Å²) < 4.78 is 0.654. The summed E-state index contributed by atoms with van der Waals surface area (Å²) in [6, 6.07) is 3.55. The van der Waals surface area contributed by atoms with Crippen LogP contribution in [0, 0.1) is 0 Å². The number of carboxylic acid groups (broad SMARTS) is 1. The molecular formula is C12H14ClNO3S. The van der Waals surface area contributed by atoms with Gasteiger partial charge in [-0.2, -0.15) is 0 Å². The minimum absolute atomic E-state index is 0.128. The Labute approximate surface area is 114 Å². The molecule has 0 saturated carbocycles. The molecule has 1 aromatic rings. The minimum atomic E-state index is -0.950. The van der Waals surface area contributed by atoms with Crippen LogP contribution in [0.15, 0.2) is 18.2 Å². The molecule has 0 unspecified atom stereocenters. The van der Waals surface area contributed by atoms with Crippen LogP contribution in [-0.2, 0) is 9.59 Å². The van der Waals surface area contributed by atoms with Crippen molar-refractivity contribution >= 4 is 40.9 Å². The Morgan fingerprint density at radius 1 is 1.50 bits per heavy atom. The molecule has 18 heavy (non-hydrogen) atoms. The number of halogens is 1. The second kappa shape index (κ2) is 6.02. The molecule has 98 valence electrons. The highest BCUT2D eigenvalue weighted by Crippen LogP contribution is 2.22. The zero-order valence-electron chi connectivity index (χ0n) is 10.1. The van der Waals surface area contributed by atoms with Crippen molar-refractivity contribution in [3.05, 3.63) is 27.4 Å². The number of carbonyl (C=O) groups is 2. The highest BCUT2D eigenvalue weighted by atomic mass is 35.5. The van der Waals surface area contributed by atoms with Crippen molar-refractivity contribution in [3.63, 3.8) is 0 Å². The Balaban J connectivity index is 2.56. The molecule has 4 nitrogen and oxygen atoms in total. The lowest BCUT2D eigenvalue weighted by molar-refractivity contribution is -0.138. The van der Waals surface area contributed by atoms with Crippen LogP contribution in [0.5, 0.6) is 0 Å². The zero-order chi connectivity index (χ0) is 13.8. The molecule has 1 heterocycles. The van der Waals surface area contributed by atoms with Gasteiger partial charge in [0.25, 0.3) is 0 Å². The Hall–Kier alpha value is -1.33. The third kappa shape index (κ3) is 5.33. The first-order valence-electron chi connectivity index (χ1n) is 5.26. The third-order valence-corrected chi connectivity index (χ3v) is 3.24. The highest BCUT2D eigenvalue weighted by molar-refractivity contribution is 7.17. The summed E-state index contributed by atoms with van der Waals surface area (Å²) in [7, 11) is 0. The maximum atomic E-state index is 11.6. The molecule has 0 aromatic carbocycles. The standard InChI is InChI=1S/C12H14ClNO3S/c1-12(2,7-11(16)17)14-10(15)6-4-8-3-5-9(13)18-8/h3-6H,7H2,1-2H3,(H,14,15)(H,16,17). The molecule has 0 spiro atoms. The van der Waals surface area contributed by atoms with Gasteiger partial charge in [-0.25, -0.2) is 0 Å². The lowest BCUT2D eigenvalue weighted by atomic mass is 10.0. The average Bonchev–Trinajstić information content (AvgIpc) is 2.58. The van der Waals surface area contributed by atoms with Crippen LogP contribution >= 0.6 is 22.9 Å². The number of carbonyl (C=O) groups excluding carboxylic acids is 1. The van der Waals surface area contributed by atoms with E-state index in [1.807, 2.05) is 0 Å². The predicted octanol–water partition coefficient (Wildman–Crippen LogP) is 2.78. The van der Waals surface area contributed by atoms with E-state index in [4.69, 9.17) is 16.7 Å². The molecule has 0 saturated heterocycles. The molecular weight excluding hydrogens is 274 g/mol. The van der Waals surface area contributed by atoms with Crippen molar-refractivity contribution in [1.82, 2.24) is 5.32 Å². The molecule has 0 fully saturated rings. The van der Waals surface area contributed by atoms with Crippen LogP contribution < -0.4 is 5.32 Å². The monoisotopic (exact) mass is 287 g/mol. The van der Waals surface area contributed by atoms with E-state index in [0.29, 0.717) is 4.34 Å². The smallest absolute Gasteiger partial charge is 0.305 e. The van der Waals surface area contributed by atoms with Gasteiger partial charge in [-0.15, -0.1) is 11.3 Å². The summed E-state index contributed by atoms with van der Waals surface area (Å²) in [4.78, 5) is 23.1. The Kier molecular flexibility index (Phi) is 4.93. The Morgan fingerprint density at radius 2 is 2.17 bits per heavy atom. The summed E-state index contributed by atoms with van der Waals surface area (Å²) in [6.07, 6.45) is 2.88. The maximum Gasteiger partial charge on any atom is 0.305 e. The van der Waals surface area contributed by atoms with Crippen molar-refractivity contribution < 1.29 is 14.7 Å². The van der Waals surface area contributed by atoms with Gasteiger partial charge in [-0.1, -0.05) is 11.6 Å². The van der Waals surface area contributed by atoms with Gasteiger partial charge in [0, 0.05) is 16.5 Å². The fourth-order valence-corrected chi connectivity index (χ4v) is 2.34. The number of carboxylic acids is 1. The van der Waals surface area contributed by atoms with Gasteiger partial charge in [0.15, 0.2) is 0 Å². The number of amides is 1. The number of hydrogen-bond donors (Lipinski definition) is 2. The van der Waals surface area contributed by atoms with E-state index in [1.165, 1.54) is 17.4 Å². The third-order valence-electron chi connectivity index (χ3n) is 2.05. The SMILES string of the molecule is CC(C)(CC(=O)O)NC(=O)C=Cc1ccc(Cl)s1. The van der Waals surface area contributed by atoms with Gasteiger partial charge < -0.3 is 10.4 Å². The Bertz CT molecular complexity index is 479. The topological polar surface area (TPSA) is 66.4 Å². The van der Waals surface area contributed by atoms with Gasteiger partial charge in [0.2, 0.25) is 5.91 Å². The lowest BCUT2D eigenvalue weighted by Crippen LogP contribution is -2.44. The summed E-state index contributed by atoms with van der Waals surface area (Å²) in [5, 5.41) is 11.3. The number of rotatable bonds is 5. The molecule has 1 rings (SSSR count). The minimum Gasteiger partial charge on any atom is -0.481 e. The molecule has 0 radical (unpaired) electrons. The van der Waals surface area contributed by atoms with Gasteiger partial charge in [-0.3, -0.25) is 9.59 Å². The summed E-state index contributed by atoms with van der Waals surface area (Å²) in [6.45, 7) is 3.32. The molecule has 6 heteroatoms. The molecule has 2 N–H and O–H groups in total. The Morgan fingerprint density at radius 3 is 2.67 bits per heavy atom. The highest BCUT2D eigenvalue weighted by Gasteiger charge is 2.22. The first-order chi connectivity index (χ1) is 8.28. The van der Waals surface area contributed by atoms with Crippen LogP contribution in [0.25, 0.3) is 6.08 Å². The van der Waals surface area contributed by atoms with Crippen molar-refractivity contribution in [2.24, 2.45) is 0 Å². The van der Waals surface area contributed by atoms with Crippen LogP contribution in [0.4, 0.5) is 0 Å². The van der Waals surface area contributed by atoms with Crippen molar-refractivity contribution in [1.29, 1.82) is 0 Å². The number of aliphatic carboxylic acids is 1. The summed E-state index contributed by atoms with van der Waals surface area (Å²) in [5.74, 6) is -1.28. The van der Waals surface area contributed by atoms with Crippen molar-refractivity contribution in [2.75, 3.05) is 0 Å². The number of nitrogens with one attached hydrogen (secondary N) is 1. The summed E-state index contributed by atoms with van der Waals surface area (Å²) in [5.41, 5.74) is -0.777. The van der Waals surface area contributed by atoms with E-state index in [2.05, 4.69) is 5.32 Å². The number of thiophene rings is 1. The van der Waals surface area contributed by atoms with Crippen LogP contribution in [0.3, 0.4) is 0 Å². The largest absolute Gasteiger partial charge is 0.481 e. The quantitative estimate of drug-likeness (QED) is 0.818. The second-order valence-corrected chi connectivity index (χ2v) is 6.17. The van der Waals surface area contributed by atoms with Crippen LogP contribution in [0.2, 0.25) is 4.34 Å². The van der Waals surface area contributed by atoms with Gasteiger partial charge >= 0.3 is 5.97 Å². The first kappa shape index (κ1) is 14.7. The van der Waals surface area contributed by atoms with E-state index in [1.54, 1.807) is 32.1 Å². The maximum absolute atomic E-state index is 11.6. The fraction of sp³-hybridized carbons (Fsp3) is 0.333. The second-order valence-electron chi connectivity index (χ2n) is 4.42. The zero-order valence-corrected chi connectivity index (χ0v) is 11.6. The fourth-order valence-electron chi connectivity index (χ4n) is 1.37. The molecule has 0 aliphatic rings. The van der Waals surface area contributed by atoms with E-state index in [9.17, 15) is 9.59 Å². The predicted molar refractivity (Wildman–Crippen MR) is 72.8 cm³/mol. The van der Waals surface area contributed by atoms with Crippen LogP contribution in [-0.4, -0.2) is 22.5 Å². The van der Waals surface area contributed by atoms with Gasteiger partial charge in [0.05, 0.1) is 10.8 Å². The van der Waals surface area contributed by atoms with Gasteiger partial charge in [-0.05, 0) is 32.1 Å².